The molecule has 0 heterocycles. The molecule has 19 heavy (non-hydrogen) atoms. The molecule has 0 bridgehead atoms. The molecule has 1 amide bonds. The zero-order valence-electron chi connectivity index (χ0n) is 10.7. The predicted octanol–water partition coefficient (Wildman–Crippen LogP) is 3.70. The summed E-state index contributed by atoms with van der Waals surface area (Å²) in [7, 11) is 0. The highest BCUT2D eigenvalue weighted by molar-refractivity contribution is 6.36. The molecule has 0 aromatic heterocycles. The molecule has 2 rings (SSSR count). The average Bonchev–Trinajstić information content (AvgIpc) is 2.41. The van der Waals surface area contributed by atoms with Gasteiger partial charge in [-0.05, 0) is 43.5 Å². The quantitative estimate of drug-likeness (QED) is 0.894. The third-order valence-corrected chi connectivity index (χ3v) is 4.29. The Morgan fingerprint density at radius 1 is 1.32 bits per heavy atom. The number of nitrogens with two attached hydrogens (primary N) is 1. The Labute approximate surface area is 123 Å². The van der Waals surface area contributed by atoms with E-state index >= 15 is 0 Å². The van der Waals surface area contributed by atoms with Gasteiger partial charge in [0.15, 0.2) is 0 Å². The summed E-state index contributed by atoms with van der Waals surface area (Å²) in [6.07, 6.45) is 4.18. The topological polar surface area (TPSA) is 55.1 Å². The summed E-state index contributed by atoms with van der Waals surface area (Å²) in [5.41, 5.74) is 6.36. The van der Waals surface area contributed by atoms with Crippen LogP contribution < -0.4 is 11.1 Å². The van der Waals surface area contributed by atoms with Crippen LogP contribution in [0.25, 0.3) is 0 Å². The Balaban J connectivity index is 2.07. The zero-order valence-corrected chi connectivity index (χ0v) is 12.2. The van der Waals surface area contributed by atoms with Crippen molar-refractivity contribution in [3.05, 3.63) is 28.2 Å². The van der Waals surface area contributed by atoms with Crippen LogP contribution in [-0.4, -0.2) is 12.5 Å². The Morgan fingerprint density at radius 3 is 2.74 bits per heavy atom. The van der Waals surface area contributed by atoms with Crippen molar-refractivity contribution in [1.29, 1.82) is 0 Å². The lowest BCUT2D eigenvalue weighted by molar-refractivity contribution is -0.122. The molecule has 1 aromatic carbocycles. The minimum absolute atomic E-state index is 0.00880. The van der Waals surface area contributed by atoms with Crippen LogP contribution in [0, 0.1) is 11.8 Å². The second-order valence-corrected chi connectivity index (χ2v) is 5.84. The minimum atomic E-state index is -0.00880. The second-order valence-electron chi connectivity index (χ2n) is 5.00. The van der Waals surface area contributed by atoms with Crippen LogP contribution in [-0.2, 0) is 4.79 Å². The van der Waals surface area contributed by atoms with Gasteiger partial charge in [-0.2, -0.15) is 0 Å². The molecule has 2 unspecified atom stereocenters. The third kappa shape index (κ3) is 3.62. The van der Waals surface area contributed by atoms with Crippen LogP contribution in [0.4, 0.5) is 5.69 Å². The smallest absolute Gasteiger partial charge is 0.227 e. The van der Waals surface area contributed by atoms with Gasteiger partial charge in [0.25, 0.3) is 0 Å². The van der Waals surface area contributed by atoms with Crippen LogP contribution in [0.2, 0.25) is 10.0 Å². The second kappa shape index (κ2) is 6.60. The van der Waals surface area contributed by atoms with Crippen molar-refractivity contribution in [3.63, 3.8) is 0 Å². The largest absolute Gasteiger partial charge is 0.330 e. The standard InChI is InChI=1S/C14H18Cl2N2O/c15-10-5-6-13(12(16)7-10)18-14(19)11-4-2-1-3-9(11)8-17/h5-7,9,11H,1-4,8,17H2,(H,18,19). The first-order valence-corrected chi connectivity index (χ1v) is 7.33. The summed E-state index contributed by atoms with van der Waals surface area (Å²) in [6.45, 7) is 0.562. The molecule has 3 N–H and O–H groups in total. The van der Waals surface area contributed by atoms with Crippen LogP contribution in [0.3, 0.4) is 0 Å². The van der Waals surface area contributed by atoms with Crippen LogP contribution in [0.5, 0.6) is 0 Å². The SMILES string of the molecule is NCC1CCCCC1C(=O)Nc1ccc(Cl)cc1Cl. The average molecular weight is 301 g/mol. The van der Waals surface area contributed by atoms with Crippen molar-refractivity contribution >= 4 is 34.8 Å². The zero-order chi connectivity index (χ0) is 13.8. The molecule has 1 fully saturated rings. The maximum absolute atomic E-state index is 12.3. The Hall–Kier alpha value is -0.770. The Morgan fingerprint density at radius 2 is 2.05 bits per heavy atom. The molecule has 0 aliphatic heterocycles. The maximum Gasteiger partial charge on any atom is 0.227 e. The number of carbonyl (C=O) groups is 1. The fraction of sp³-hybridized carbons (Fsp3) is 0.500. The fourth-order valence-corrected chi connectivity index (χ4v) is 3.11. The maximum atomic E-state index is 12.3. The number of anilines is 1. The van der Waals surface area contributed by atoms with Crippen LogP contribution in [0.15, 0.2) is 18.2 Å². The summed E-state index contributed by atoms with van der Waals surface area (Å²) < 4.78 is 0. The molecule has 1 aliphatic carbocycles. The van der Waals surface area contributed by atoms with Gasteiger partial charge < -0.3 is 11.1 Å². The van der Waals surface area contributed by atoms with Gasteiger partial charge in [0, 0.05) is 10.9 Å². The summed E-state index contributed by atoms with van der Waals surface area (Å²) >= 11 is 11.9. The lowest BCUT2D eigenvalue weighted by atomic mass is 9.78. The molecular formula is C14H18Cl2N2O. The van der Waals surface area contributed by atoms with Crippen molar-refractivity contribution < 1.29 is 4.79 Å². The molecule has 1 saturated carbocycles. The molecule has 2 atom stereocenters. The molecule has 0 radical (unpaired) electrons. The molecule has 1 aliphatic rings. The van der Waals surface area contributed by atoms with Gasteiger partial charge in [-0.1, -0.05) is 36.0 Å². The number of nitrogens with one attached hydrogen (secondary N) is 1. The molecule has 0 saturated heterocycles. The summed E-state index contributed by atoms with van der Waals surface area (Å²) in [6, 6.07) is 5.06. The number of halogens is 2. The van der Waals surface area contributed by atoms with E-state index in [0.29, 0.717) is 22.3 Å². The van der Waals surface area contributed by atoms with E-state index in [9.17, 15) is 4.79 Å². The van der Waals surface area contributed by atoms with E-state index < -0.39 is 0 Å². The first-order valence-electron chi connectivity index (χ1n) is 6.58. The number of hydrogen-bond acceptors (Lipinski definition) is 2. The van der Waals surface area contributed by atoms with Crippen molar-refractivity contribution in [1.82, 2.24) is 0 Å². The van der Waals surface area contributed by atoms with Gasteiger partial charge >= 0.3 is 0 Å². The highest BCUT2D eigenvalue weighted by Gasteiger charge is 2.30. The predicted molar refractivity (Wildman–Crippen MR) is 79.6 cm³/mol. The Bertz CT molecular complexity index is 465. The number of carbonyl (C=O) groups excluding carboxylic acids is 1. The van der Waals surface area contributed by atoms with Crippen molar-refractivity contribution in [2.75, 3.05) is 11.9 Å². The van der Waals surface area contributed by atoms with E-state index in [1.165, 1.54) is 0 Å². The highest BCUT2D eigenvalue weighted by atomic mass is 35.5. The molecular weight excluding hydrogens is 283 g/mol. The van der Waals surface area contributed by atoms with E-state index in [1.54, 1.807) is 18.2 Å². The summed E-state index contributed by atoms with van der Waals surface area (Å²) in [4.78, 5) is 12.3. The Kier molecular flexibility index (Phi) is 5.08. The number of hydrogen-bond donors (Lipinski definition) is 2. The molecule has 3 nitrogen and oxygen atoms in total. The van der Waals surface area contributed by atoms with Crippen molar-refractivity contribution in [3.8, 4) is 0 Å². The lowest BCUT2D eigenvalue weighted by Gasteiger charge is -2.29. The monoisotopic (exact) mass is 300 g/mol. The van der Waals surface area contributed by atoms with E-state index in [-0.39, 0.29) is 17.7 Å². The minimum Gasteiger partial charge on any atom is -0.330 e. The summed E-state index contributed by atoms with van der Waals surface area (Å²) in [5, 5.41) is 3.90. The van der Waals surface area contributed by atoms with Gasteiger partial charge in [-0.25, -0.2) is 0 Å². The molecule has 5 heteroatoms. The molecule has 104 valence electrons. The number of amides is 1. The van der Waals surface area contributed by atoms with Crippen molar-refractivity contribution in [2.24, 2.45) is 17.6 Å². The van der Waals surface area contributed by atoms with Crippen LogP contribution >= 0.6 is 23.2 Å². The van der Waals surface area contributed by atoms with Gasteiger partial charge in [0.2, 0.25) is 5.91 Å². The van der Waals surface area contributed by atoms with E-state index in [0.717, 1.165) is 25.7 Å². The first-order chi connectivity index (χ1) is 9.11. The first kappa shape index (κ1) is 14.6. The van der Waals surface area contributed by atoms with Gasteiger partial charge in [0.05, 0.1) is 10.7 Å². The van der Waals surface area contributed by atoms with Crippen LogP contribution in [0.1, 0.15) is 25.7 Å². The summed E-state index contributed by atoms with van der Waals surface area (Å²) in [5.74, 6) is 0.282. The number of rotatable bonds is 3. The van der Waals surface area contributed by atoms with Gasteiger partial charge in [-0.3, -0.25) is 4.79 Å². The van der Waals surface area contributed by atoms with E-state index in [4.69, 9.17) is 28.9 Å². The van der Waals surface area contributed by atoms with Gasteiger partial charge in [0.1, 0.15) is 0 Å². The van der Waals surface area contributed by atoms with Gasteiger partial charge in [-0.15, -0.1) is 0 Å². The van der Waals surface area contributed by atoms with Crippen molar-refractivity contribution in [2.45, 2.75) is 25.7 Å². The normalized spacial score (nSPS) is 23.1. The fourth-order valence-electron chi connectivity index (χ4n) is 2.65. The van der Waals surface area contributed by atoms with E-state index in [2.05, 4.69) is 5.32 Å². The molecule has 1 aromatic rings. The third-order valence-electron chi connectivity index (χ3n) is 3.74. The molecule has 0 spiro atoms. The number of benzene rings is 1. The lowest BCUT2D eigenvalue weighted by Crippen LogP contribution is -2.35. The van der Waals surface area contributed by atoms with E-state index in [1.807, 2.05) is 0 Å². The highest BCUT2D eigenvalue weighted by Crippen LogP contribution is 2.32.